The van der Waals surface area contributed by atoms with Crippen LogP contribution in [0.25, 0.3) is 0 Å². The van der Waals surface area contributed by atoms with Crippen LogP contribution in [0.3, 0.4) is 0 Å². The van der Waals surface area contributed by atoms with Gasteiger partial charge in [-0.15, -0.1) is 11.3 Å². The summed E-state index contributed by atoms with van der Waals surface area (Å²) in [6.45, 7) is 3.72. The minimum Gasteiger partial charge on any atom is -0.493 e. The van der Waals surface area contributed by atoms with Crippen LogP contribution in [0.5, 0.6) is 11.5 Å². The molecule has 0 aliphatic carbocycles. The lowest BCUT2D eigenvalue weighted by Crippen LogP contribution is -2.39. The highest BCUT2D eigenvalue weighted by molar-refractivity contribution is 7.09. The van der Waals surface area contributed by atoms with E-state index in [1.54, 1.807) is 20.4 Å². The number of thiazole rings is 1. The number of rotatable bonds is 10. The molecule has 1 amide bonds. The van der Waals surface area contributed by atoms with Crippen molar-refractivity contribution in [3.8, 4) is 11.5 Å². The van der Waals surface area contributed by atoms with Crippen molar-refractivity contribution in [2.45, 2.75) is 19.5 Å². The predicted molar refractivity (Wildman–Crippen MR) is 119 cm³/mol. The van der Waals surface area contributed by atoms with Gasteiger partial charge in [-0.3, -0.25) is 9.69 Å². The second-order valence-electron chi connectivity index (χ2n) is 6.77. The molecule has 0 aliphatic rings. The Hall–Kier alpha value is -2.90. The molecule has 7 heteroatoms. The highest BCUT2D eigenvalue weighted by Gasteiger charge is 2.20. The van der Waals surface area contributed by atoms with Gasteiger partial charge in [0.2, 0.25) is 5.91 Å². The van der Waals surface area contributed by atoms with Crippen LogP contribution >= 0.6 is 11.3 Å². The van der Waals surface area contributed by atoms with Gasteiger partial charge in [0.25, 0.3) is 0 Å². The Balaban J connectivity index is 1.68. The molecule has 0 bridgehead atoms. The Bertz CT molecular complexity index is 932. The molecule has 1 N–H and O–H groups in total. The first-order chi connectivity index (χ1) is 14.6. The zero-order chi connectivity index (χ0) is 21.3. The van der Waals surface area contributed by atoms with E-state index < -0.39 is 0 Å². The third kappa shape index (κ3) is 5.58. The number of methoxy groups -OCH3 is 2. The highest BCUT2D eigenvalue weighted by Crippen LogP contribution is 2.28. The molecule has 0 saturated heterocycles. The summed E-state index contributed by atoms with van der Waals surface area (Å²) < 4.78 is 10.7. The number of carbonyl (C=O) groups excluding carboxylic acids is 1. The molecule has 0 saturated carbocycles. The van der Waals surface area contributed by atoms with Crippen molar-refractivity contribution in [2.75, 3.05) is 27.3 Å². The van der Waals surface area contributed by atoms with Crippen molar-refractivity contribution in [1.29, 1.82) is 0 Å². The minimum atomic E-state index is -0.251. The van der Waals surface area contributed by atoms with Gasteiger partial charge in [0.1, 0.15) is 11.0 Å². The van der Waals surface area contributed by atoms with Gasteiger partial charge in [-0.1, -0.05) is 43.3 Å². The van der Waals surface area contributed by atoms with Crippen LogP contribution in [0.1, 0.15) is 29.1 Å². The summed E-state index contributed by atoms with van der Waals surface area (Å²) in [6.07, 6.45) is 1.76. The van der Waals surface area contributed by atoms with Crippen molar-refractivity contribution in [1.82, 2.24) is 15.2 Å². The van der Waals surface area contributed by atoms with E-state index in [0.29, 0.717) is 24.6 Å². The number of benzene rings is 2. The lowest BCUT2D eigenvalue weighted by atomic mass is 10.1. The average molecular weight is 426 g/mol. The van der Waals surface area contributed by atoms with Gasteiger partial charge < -0.3 is 14.8 Å². The molecule has 6 nitrogen and oxygen atoms in total. The zero-order valence-electron chi connectivity index (χ0n) is 17.5. The number of ether oxygens (including phenoxy) is 2. The molecule has 0 spiro atoms. The van der Waals surface area contributed by atoms with E-state index in [2.05, 4.69) is 15.2 Å². The smallest absolute Gasteiger partial charge is 0.235 e. The molecule has 0 aliphatic heterocycles. The first kappa shape index (κ1) is 21.8. The van der Waals surface area contributed by atoms with Gasteiger partial charge >= 0.3 is 0 Å². The van der Waals surface area contributed by atoms with Crippen molar-refractivity contribution >= 4 is 17.2 Å². The molecular weight excluding hydrogens is 398 g/mol. The van der Waals surface area contributed by atoms with Gasteiger partial charge in [-0.05, 0) is 29.8 Å². The van der Waals surface area contributed by atoms with Crippen molar-refractivity contribution in [3.05, 3.63) is 76.2 Å². The molecule has 3 aromatic rings. The topological polar surface area (TPSA) is 63.7 Å². The van der Waals surface area contributed by atoms with Gasteiger partial charge in [0.15, 0.2) is 11.5 Å². The van der Waals surface area contributed by atoms with Crippen LogP contribution in [0.2, 0.25) is 0 Å². The van der Waals surface area contributed by atoms with Crippen molar-refractivity contribution < 1.29 is 14.3 Å². The van der Waals surface area contributed by atoms with Gasteiger partial charge in [-0.25, -0.2) is 4.98 Å². The number of hydrogen-bond acceptors (Lipinski definition) is 6. The molecule has 1 atom stereocenters. The largest absolute Gasteiger partial charge is 0.493 e. The van der Waals surface area contributed by atoms with E-state index in [0.717, 1.165) is 22.7 Å². The maximum Gasteiger partial charge on any atom is 0.235 e. The number of nitrogens with zero attached hydrogens (tertiary/aromatic N) is 2. The quantitative estimate of drug-likeness (QED) is 0.534. The summed E-state index contributed by atoms with van der Waals surface area (Å²) in [5.74, 6) is 1.33. The van der Waals surface area contributed by atoms with E-state index in [9.17, 15) is 4.79 Å². The third-order valence-corrected chi connectivity index (χ3v) is 5.65. The average Bonchev–Trinajstić information content (AvgIpc) is 3.32. The number of nitrogens with one attached hydrogen (secondary N) is 1. The fourth-order valence-electron chi connectivity index (χ4n) is 3.24. The summed E-state index contributed by atoms with van der Waals surface area (Å²) in [5, 5.41) is 5.95. The summed E-state index contributed by atoms with van der Waals surface area (Å²) in [5.41, 5.74) is 2.07. The van der Waals surface area contributed by atoms with E-state index in [1.807, 2.05) is 60.8 Å². The molecule has 0 fully saturated rings. The number of amides is 1. The highest BCUT2D eigenvalue weighted by atomic mass is 32.1. The van der Waals surface area contributed by atoms with Crippen LogP contribution in [0, 0.1) is 0 Å². The molecular formula is C23H27N3O3S. The summed E-state index contributed by atoms with van der Waals surface area (Å²) in [4.78, 5) is 19.4. The number of aromatic nitrogens is 1. The van der Waals surface area contributed by atoms with E-state index >= 15 is 0 Å². The first-order valence-electron chi connectivity index (χ1n) is 9.81. The molecule has 0 radical (unpaired) electrons. The van der Waals surface area contributed by atoms with Crippen molar-refractivity contribution in [3.63, 3.8) is 0 Å². The SMILES string of the molecule is CCN(CC(=O)NC(c1ccccc1)c1nccs1)Cc1ccc(OC)c(OC)c1. The fraction of sp³-hybridized carbons (Fsp3) is 0.304. The summed E-state index contributed by atoms with van der Waals surface area (Å²) >= 11 is 1.54. The molecule has 3 rings (SSSR count). The maximum absolute atomic E-state index is 12.9. The first-order valence-corrected chi connectivity index (χ1v) is 10.7. The predicted octanol–water partition coefficient (Wildman–Crippen LogP) is 3.89. The number of hydrogen-bond donors (Lipinski definition) is 1. The van der Waals surface area contributed by atoms with Crippen LogP contribution in [0.15, 0.2) is 60.1 Å². The van der Waals surface area contributed by atoms with Crippen molar-refractivity contribution in [2.24, 2.45) is 0 Å². The monoisotopic (exact) mass is 425 g/mol. The molecule has 1 heterocycles. The lowest BCUT2D eigenvalue weighted by molar-refractivity contribution is -0.122. The third-order valence-electron chi connectivity index (χ3n) is 4.81. The Morgan fingerprint density at radius 1 is 1.13 bits per heavy atom. The summed E-state index contributed by atoms with van der Waals surface area (Å²) in [7, 11) is 3.24. The van der Waals surface area contributed by atoms with E-state index in [4.69, 9.17) is 9.47 Å². The number of likely N-dealkylation sites (N-methyl/N-ethyl adjacent to an activating group) is 1. The van der Waals surface area contributed by atoms with Crippen LogP contribution in [0.4, 0.5) is 0 Å². The molecule has 1 unspecified atom stereocenters. The standard InChI is InChI=1S/C23H27N3O3S/c1-4-26(15-17-10-11-19(28-2)20(14-17)29-3)16-21(27)25-22(23-24-12-13-30-23)18-8-6-5-7-9-18/h5-14,22H,4,15-16H2,1-3H3,(H,25,27). The molecule has 1 aromatic heterocycles. The molecule has 30 heavy (non-hydrogen) atoms. The Kier molecular flexibility index (Phi) is 7.82. The normalized spacial score (nSPS) is 11.9. The summed E-state index contributed by atoms with van der Waals surface area (Å²) in [6, 6.07) is 15.5. The fourth-order valence-corrected chi connectivity index (χ4v) is 3.95. The second kappa shape index (κ2) is 10.8. The van der Waals surface area contributed by atoms with Crippen LogP contribution in [-0.4, -0.2) is 43.1 Å². The lowest BCUT2D eigenvalue weighted by Gasteiger charge is -2.23. The second-order valence-corrected chi connectivity index (χ2v) is 7.70. The van der Waals surface area contributed by atoms with Gasteiger partial charge in [-0.2, -0.15) is 0 Å². The van der Waals surface area contributed by atoms with Crippen LogP contribution in [-0.2, 0) is 11.3 Å². The van der Waals surface area contributed by atoms with Gasteiger partial charge in [0.05, 0.1) is 20.8 Å². The Morgan fingerprint density at radius 2 is 1.90 bits per heavy atom. The maximum atomic E-state index is 12.9. The Labute approximate surface area is 181 Å². The minimum absolute atomic E-state index is 0.0404. The van der Waals surface area contributed by atoms with E-state index in [-0.39, 0.29) is 11.9 Å². The van der Waals surface area contributed by atoms with Crippen LogP contribution < -0.4 is 14.8 Å². The zero-order valence-corrected chi connectivity index (χ0v) is 18.3. The molecule has 158 valence electrons. The number of carbonyl (C=O) groups is 1. The van der Waals surface area contributed by atoms with Gasteiger partial charge in [0, 0.05) is 18.1 Å². The Morgan fingerprint density at radius 3 is 2.53 bits per heavy atom. The van der Waals surface area contributed by atoms with E-state index in [1.165, 1.54) is 11.3 Å². The molecule has 2 aromatic carbocycles.